The minimum atomic E-state index is -0.444. The number of benzene rings is 1. The predicted octanol–water partition coefficient (Wildman–Crippen LogP) is 2.74. The van der Waals surface area contributed by atoms with Crippen LogP contribution in [0.15, 0.2) is 42.5 Å². The van der Waals surface area contributed by atoms with Crippen molar-refractivity contribution < 1.29 is 19.1 Å². The molecule has 0 saturated carbocycles. The van der Waals surface area contributed by atoms with Crippen LogP contribution in [0.1, 0.15) is 34.6 Å². The van der Waals surface area contributed by atoms with Crippen molar-refractivity contribution in [3.63, 3.8) is 0 Å². The lowest BCUT2D eigenvalue weighted by Gasteiger charge is -2.17. The molecule has 0 radical (unpaired) electrons. The van der Waals surface area contributed by atoms with Gasteiger partial charge in [-0.25, -0.2) is 4.79 Å². The lowest BCUT2D eigenvalue weighted by Crippen LogP contribution is -2.29. The monoisotopic (exact) mass is 346 g/mol. The molecular formula is C17H18N2O4S. The maximum atomic E-state index is 12.3. The Hall–Kier alpha value is -2.67. The third kappa shape index (κ3) is 4.92. The highest BCUT2D eigenvalue weighted by Gasteiger charge is 2.18. The number of carbonyl (C=O) groups excluding carboxylic acids is 3. The molecule has 2 aromatic rings. The average Bonchev–Trinajstić information content (AvgIpc) is 3.02. The average molecular weight is 346 g/mol. The molecule has 0 aliphatic carbocycles. The van der Waals surface area contributed by atoms with Crippen molar-refractivity contribution in [1.29, 1.82) is 0 Å². The van der Waals surface area contributed by atoms with Crippen molar-refractivity contribution in [2.45, 2.75) is 19.4 Å². The Morgan fingerprint density at radius 2 is 1.83 bits per heavy atom. The van der Waals surface area contributed by atoms with Gasteiger partial charge < -0.3 is 15.4 Å². The van der Waals surface area contributed by atoms with Gasteiger partial charge in [0.2, 0.25) is 11.8 Å². The van der Waals surface area contributed by atoms with Crippen molar-refractivity contribution in [1.82, 2.24) is 5.32 Å². The Morgan fingerprint density at radius 3 is 2.46 bits per heavy atom. The Balaban J connectivity index is 2.03. The van der Waals surface area contributed by atoms with E-state index in [2.05, 4.69) is 15.4 Å². The first-order chi connectivity index (χ1) is 11.5. The lowest BCUT2D eigenvalue weighted by atomic mass is 10.0. The number of esters is 1. The molecule has 0 saturated heterocycles. The van der Waals surface area contributed by atoms with Crippen LogP contribution in [0, 0.1) is 0 Å². The summed E-state index contributed by atoms with van der Waals surface area (Å²) in [5.41, 5.74) is 0.851. The second kappa shape index (κ2) is 8.26. The van der Waals surface area contributed by atoms with Crippen molar-refractivity contribution in [2.24, 2.45) is 0 Å². The molecular weight excluding hydrogens is 328 g/mol. The van der Waals surface area contributed by atoms with E-state index in [9.17, 15) is 14.4 Å². The van der Waals surface area contributed by atoms with E-state index < -0.39 is 12.0 Å². The Bertz CT molecular complexity index is 727. The van der Waals surface area contributed by atoms with E-state index >= 15 is 0 Å². The van der Waals surface area contributed by atoms with Crippen LogP contribution in [-0.2, 0) is 14.3 Å². The Morgan fingerprint density at radius 1 is 1.12 bits per heavy atom. The van der Waals surface area contributed by atoms with Gasteiger partial charge in [0, 0.05) is 6.92 Å². The zero-order valence-corrected chi connectivity index (χ0v) is 14.2. The van der Waals surface area contributed by atoms with Gasteiger partial charge in [-0.15, -0.1) is 11.3 Å². The van der Waals surface area contributed by atoms with Crippen LogP contribution in [0.2, 0.25) is 0 Å². The van der Waals surface area contributed by atoms with Crippen LogP contribution in [-0.4, -0.2) is 24.9 Å². The van der Waals surface area contributed by atoms with E-state index in [0.717, 1.165) is 16.9 Å². The highest BCUT2D eigenvalue weighted by Crippen LogP contribution is 2.24. The topological polar surface area (TPSA) is 84.5 Å². The van der Waals surface area contributed by atoms with Gasteiger partial charge in [-0.2, -0.15) is 0 Å². The molecule has 126 valence electrons. The van der Waals surface area contributed by atoms with E-state index in [-0.39, 0.29) is 18.2 Å². The van der Waals surface area contributed by atoms with Gasteiger partial charge in [-0.05, 0) is 17.7 Å². The fourth-order valence-electron chi connectivity index (χ4n) is 2.17. The molecule has 0 aliphatic rings. The largest absolute Gasteiger partial charge is 0.465 e. The summed E-state index contributed by atoms with van der Waals surface area (Å²) in [5.74, 6) is -0.905. The number of ether oxygens (including phenoxy) is 1. The second-order valence-electron chi connectivity index (χ2n) is 5.07. The molecule has 0 fully saturated rings. The summed E-state index contributed by atoms with van der Waals surface area (Å²) in [6.45, 7) is 1.41. The SMILES string of the molecule is COC(=O)c1ccc(NC(=O)CC(NC(C)=O)c2ccccc2)s1. The molecule has 24 heavy (non-hydrogen) atoms. The quantitative estimate of drug-likeness (QED) is 0.788. The number of hydrogen-bond acceptors (Lipinski definition) is 5. The van der Waals surface area contributed by atoms with Crippen molar-refractivity contribution in [2.75, 3.05) is 12.4 Å². The number of thiophene rings is 1. The third-order valence-electron chi connectivity index (χ3n) is 3.22. The molecule has 1 heterocycles. The van der Waals surface area contributed by atoms with Crippen molar-refractivity contribution in [3.8, 4) is 0 Å². The molecule has 1 atom stereocenters. The Labute approximate surface area is 143 Å². The molecule has 6 nitrogen and oxygen atoms in total. The van der Waals surface area contributed by atoms with E-state index in [1.807, 2.05) is 30.3 Å². The number of methoxy groups -OCH3 is 1. The van der Waals surface area contributed by atoms with E-state index in [0.29, 0.717) is 9.88 Å². The number of nitrogens with one attached hydrogen (secondary N) is 2. The van der Waals surface area contributed by atoms with Crippen LogP contribution in [0.4, 0.5) is 5.00 Å². The second-order valence-corrected chi connectivity index (χ2v) is 6.16. The van der Waals surface area contributed by atoms with Crippen molar-refractivity contribution in [3.05, 3.63) is 52.9 Å². The zero-order chi connectivity index (χ0) is 17.5. The summed E-state index contributed by atoms with van der Waals surface area (Å²) in [4.78, 5) is 35.5. The number of hydrogen-bond donors (Lipinski definition) is 2. The van der Waals surface area contributed by atoms with Crippen molar-refractivity contribution >= 4 is 34.1 Å². The van der Waals surface area contributed by atoms with Gasteiger partial charge in [0.15, 0.2) is 0 Å². The first kappa shape index (κ1) is 17.7. The van der Waals surface area contributed by atoms with Crippen LogP contribution in [0.5, 0.6) is 0 Å². The van der Waals surface area contributed by atoms with Crippen LogP contribution < -0.4 is 10.6 Å². The van der Waals surface area contributed by atoms with Gasteiger partial charge in [-0.3, -0.25) is 9.59 Å². The first-order valence-corrected chi connectivity index (χ1v) is 8.11. The van der Waals surface area contributed by atoms with Gasteiger partial charge in [0.1, 0.15) is 4.88 Å². The lowest BCUT2D eigenvalue weighted by molar-refractivity contribution is -0.120. The Kier molecular flexibility index (Phi) is 6.08. The summed E-state index contributed by atoms with van der Waals surface area (Å²) in [6.07, 6.45) is 0.0923. The fourth-order valence-corrected chi connectivity index (χ4v) is 3.01. The van der Waals surface area contributed by atoms with Crippen LogP contribution >= 0.6 is 11.3 Å². The van der Waals surface area contributed by atoms with Crippen LogP contribution in [0.25, 0.3) is 0 Å². The number of rotatable bonds is 6. The first-order valence-electron chi connectivity index (χ1n) is 7.29. The maximum absolute atomic E-state index is 12.3. The van der Waals surface area contributed by atoms with Gasteiger partial charge in [-0.1, -0.05) is 30.3 Å². The highest BCUT2D eigenvalue weighted by atomic mass is 32.1. The molecule has 2 amide bonds. The highest BCUT2D eigenvalue weighted by molar-refractivity contribution is 7.18. The molecule has 2 N–H and O–H groups in total. The van der Waals surface area contributed by atoms with Gasteiger partial charge in [0.25, 0.3) is 0 Å². The standard InChI is InChI=1S/C17H18N2O4S/c1-11(20)18-13(12-6-4-3-5-7-12)10-15(21)19-16-9-8-14(24-16)17(22)23-2/h3-9,13H,10H2,1-2H3,(H,18,20)(H,19,21). The summed E-state index contributed by atoms with van der Waals surface area (Å²) < 4.78 is 4.63. The maximum Gasteiger partial charge on any atom is 0.348 e. The normalized spacial score (nSPS) is 11.4. The van der Waals surface area contributed by atoms with Gasteiger partial charge in [0.05, 0.1) is 24.6 Å². The molecule has 1 aromatic carbocycles. The number of carbonyl (C=O) groups is 3. The van der Waals surface area contributed by atoms with E-state index in [4.69, 9.17) is 0 Å². The number of amides is 2. The summed E-state index contributed by atoms with van der Waals surface area (Å²) in [7, 11) is 1.30. The molecule has 1 aromatic heterocycles. The molecule has 7 heteroatoms. The summed E-state index contributed by atoms with van der Waals surface area (Å²) in [5, 5.41) is 6.06. The van der Waals surface area contributed by atoms with Gasteiger partial charge >= 0.3 is 5.97 Å². The minimum absolute atomic E-state index is 0.0923. The smallest absolute Gasteiger partial charge is 0.348 e. The zero-order valence-electron chi connectivity index (χ0n) is 13.4. The molecule has 0 aliphatic heterocycles. The molecule has 0 bridgehead atoms. The predicted molar refractivity (Wildman–Crippen MR) is 91.9 cm³/mol. The third-order valence-corrected chi connectivity index (χ3v) is 4.20. The van der Waals surface area contributed by atoms with E-state index in [1.54, 1.807) is 12.1 Å². The molecule has 0 spiro atoms. The summed E-state index contributed by atoms with van der Waals surface area (Å²) in [6, 6.07) is 12.1. The fraction of sp³-hybridized carbons (Fsp3) is 0.235. The van der Waals surface area contributed by atoms with Crippen LogP contribution in [0.3, 0.4) is 0 Å². The number of anilines is 1. The molecule has 1 unspecified atom stereocenters. The van der Waals surface area contributed by atoms with E-state index in [1.165, 1.54) is 14.0 Å². The summed E-state index contributed by atoms with van der Waals surface area (Å²) >= 11 is 1.14. The molecule has 2 rings (SSSR count). The minimum Gasteiger partial charge on any atom is -0.465 e.